The predicted octanol–water partition coefficient (Wildman–Crippen LogP) is 4.48. The molecule has 0 aliphatic carbocycles. The summed E-state index contributed by atoms with van der Waals surface area (Å²) in [4.78, 5) is 11.4. The lowest BCUT2D eigenvalue weighted by atomic mass is 10.0. The minimum absolute atomic E-state index is 0.182. The number of alkyl halides is 3. The first kappa shape index (κ1) is 16.1. The Morgan fingerprint density at radius 2 is 1.45 bits per heavy atom. The van der Waals surface area contributed by atoms with E-state index < -0.39 is 11.7 Å². The van der Waals surface area contributed by atoms with Crippen molar-refractivity contribution in [2.45, 2.75) is 19.5 Å². The van der Waals surface area contributed by atoms with E-state index in [-0.39, 0.29) is 12.4 Å². The molecule has 2 aromatic rings. The number of ether oxygens (including phenoxy) is 1. The highest BCUT2D eigenvalue weighted by molar-refractivity contribution is 5.73. The molecule has 0 aromatic heterocycles. The second-order valence-corrected chi connectivity index (χ2v) is 4.75. The Bertz CT molecular complexity index is 628. The second kappa shape index (κ2) is 6.64. The van der Waals surface area contributed by atoms with Crippen LogP contribution in [0.4, 0.5) is 13.2 Å². The summed E-state index contributed by atoms with van der Waals surface area (Å²) in [6.07, 6.45) is -4.15. The Morgan fingerprint density at radius 3 is 1.91 bits per heavy atom. The quantitative estimate of drug-likeness (QED) is 0.779. The molecule has 2 nitrogen and oxygen atoms in total. The first-order chi connectivity index (χ1) is 10.4. The van der Waals surface area contributed by atoms with Crippen LogP contribution >= 0.6 is 0 Å². The third-order valence-corrected chi connectivity index (χ3v) is 3.15. The molecule has 0 aliphatic heterocycles. The van der Waals surface area contributed by atoms with Crippen molar-refractivity contribution >= 4 is 5.97 Å². The fourth-order valence-corrected chi connectivity index (χ4v) is 2.05. The number of carbonyl (C=O) groups excluding carboxylic acids is 1. The van der Waals surface area contributed by atoms with Gasteiger partial charge >= 0.3 is 12.1 Å². The third-order valence-electron chi connectivity index (χ3n) is 3.15. The lowest BCUT2D eigenvalue weighted by molar-refractivity contribution is -0.142. The summed E-state index contributed by atoms with van der Waals surface area (Å²) in [6.45, 7) is 2.08. The highest BCUT2D eigenvalue weighted by atomic mass is 19.4. The Balaban J connectivity index is 2.12. The topological polar surface area (TPSA) is 26.3 Å². The molecule has 0 unspecified atom stereocenters. The van der Waals surface area contributed by atoms with Crippen LogP contribution in [0.5, 0.6) is 0 Å². The highest BCUT2D eigenvalue weighted by Crippen LogP contribution is 2.31. The van der Waals surface area contributed by atoms with Crippen molar-refractivity contribution in [1.29, 1.82) is 0 Å². The molecule has 0 fully saturated rings. The van der Waals surface area contributed by atoms with Gasteiger partial charge in [-0.1, -0.05) is 36.4 Å². The number of rotatable bonds is 4. The van der Waals surface area contributed by atoms with E-state index in [1.165, 1.54) is 12.1 Å². The molecule has 0 bridgehead atoms. The molecular weight excluding hydrogens is 293 g/mol. The zero-order valence-corrected chi connectivity index (χ0v) is 12.0. The largest absolute Gasteiger partial charge is 0.466 e. The fourth-order valence-electron chi connectivity index (χ4n) is 2.05. The molecule has 0 spiro atoms. The molecule has 0 saturated heterocycles. The Labute approximate surface area is 126 Å². The van der Waals surface area contributed by atoms with E-state index in [1.807, 2.05) is 0 Å². The van der Waals surface area contributed by atoms with Crippen molar-refractivity contribution in [3.63, 3.8) is 0 Å². The van der Waals surface area contributed by atoms with Crippen molar-refractivity contribution in [2.24, 2.45) is 0 Å². The van der Waals surface area contributed by atoms with E-state index in [1.54, 1.807) is 31.2 Å². The molecule has 116 valence electrons. The van der Waals surface area contributed by atoms with Gasteiger partial charge in [0.2, 0.25) is 0 Å². The van der Waals surface area contributed by atoms with Crippen LogP contribution in [0.25, 0.3) is 11.1 Å². The summed E-state index contributed by atoms with van der Waals surface area (Å²) >= 11 is 0. The maximum Gasteiger partial charge on any atom is 0.416 e. The van der Waals surface area contributed by atoms with Gasteiger partial charge in [-0.05, 0) is 35.7 Å². The van der Waals surface area contributed by atoms with Crippen molar-refractivity contribution in [3.8, 4) is 11.1 Å². The van der Waals surface area contributed by atoms with Gasteiger partial charge in [0.15, 0.2) is 0 Å². The normalized spacial score (nSPS) is 11.3. The molecule has 0 heterocycles. The van der Waals surface area contributed by atoms with Crippen LogP contribution in [0.1, 0.15) is 18.1 Å². The molecule has 0 N–H and O–H groups in total. The van der Waals surface area contributed by atoms with Gasteiger partial charge in [-0.2, -0.15) is 13.2 Å². The number of benzene rings is 2. The van der Waals surface area contributed by atoms with Crippen LogP contribution in [0.2, 0.25) is 0 Å². The standard InChI is InChI=1S/C17H15F3O2/c1-2-22-16(21)11-12-3-5-13(6-4-12)14-7-9-15(10-8-14)17(18,19)20/h3-10H,2,11H2,1H3. The van der Waals surface area contributed by atoms with Gasteiger partial charge in [-0.15, -0.1) is 0 Å². The summed E-state index contributed by atoms with van der Waals surface area (Å²) in [7, 11) is 0. The zero-order chi connectivity index (χ0) is 16.2. The number of hydrogen-bond donors (Lipinski definition) is 0. The van der Waals surface area contributed by atoms with E-state index in [4.69, 9.17) is 4.74 Å². The average Bonchev–Trinajstić information content (AvgIpc) is 2.47. The third kappa shape index (κ3) is 4.10. The molecule has 0 saturated carbocycles. The van der Waals surface area contributed by atoms with Crippen LogP contribution in [-0.2, 0) is 22.1 Å². The predicted molar refractivity (Wildman–Crippen MR) is 77.2 cm³/mol. The van der Waals surface area contributed by atoms with Crippen LogP contribution < -0.4 is 0 Å². The Kier molecular flexibility index (Phi) is 4.85. The molecule has 0 amide bonds. The lowest BCUT2D eigenvalue weighted by Gasteiger charge is -2.08. The van der Waals surface area contributed by atoms with Gasteiger partial charge in [0, 0.05) is 0 Å². The number of esters is 1. The Hall–Kier alpha value is -2.30. The molecular formula is C17H15F3O2. The summed E-state index contributed by atoms with van der Waals surface area (Å²) in [5.74, 6) is -0.301. The van der Waals surface area contributed by atoms with Crippen molar-refractivity contribution in [2.75, 3.05) is 6.61 Å². The molecule has 22 heavy (non-hydrogen) atoms. The van der Waals surface area contributed by atoms with Crippen molar-refractivity contribution in [1.82, 2.24) is 0 Å². The first-order valence-corrected chi connectivity index (χ1v) is 6.82. The van der Waals surface area contributed by atoms with E-state index in [0.717, 1.165) is 23.3 Å². The second-order valence-electron chi connectivity index (χ2n) is 4.75. The number of halogens is 3. The highest BCUT2D eigenvalue weighted by Gasteiger charge is 2.29. The van der Waals surface area contributed by atoms with Crippen LogP contribution in [0.3, 0.4) is 0 Å². The first-order valence-electron chi connectivity index (χ1n) is 6.82. The van der Waals surface area contributed by atoms with Crippen LogP contribution in [-0.4, -0.2) is 12.6 Å². The van der Waals surface area contributed by atoms with Crippen LogP contribution in [0.15, 0.2) is 48.5 Å². The monoisotopic (exact) mass is 308 g/mol. The molecule has 2 aromatic carbocycles. The van der Waals surface area contributed by atoms with E-state index in [9.17, 15) is 18.0 Å². The summed E-state index contributed by atoms with van der Waals surface area (Å²) < 4.78 is 42.4. The van der Waals surface area contributed by atoms with Gasteiger partial charge in [-0.25, -0.2) is 0 Å². The molecule has 0 radical (unpaired) electrons. The summed E-state index contributed by atoms with van der Waals surface area (Å²) in [6, 6.07) is 12.1. The molecule has 2 rings (SSSR count). The molecule has 5 heteroatoms. The van der Waals surface area contributed by atoms with E-state index >= 15 is 0 Å². The summed E-state index contributed by atoms with van der Waals surface area (Å²) in [5.41, 5.74) is 1.61. The van der Waals surface area contributed by atoms with Crippen molar-refractivity contribution < 1.29 is 22.7 Å². The SMILES string of the molecule is CCOC(=O)Cc1ccc(-c2ccc(C(F)(F)F)cc2)cc1. The van der Waals surface area contributed by atoms with Gasteiger partial charge in [0.1, 0.15) is 0 Å². The Morgan fingerprint density at radius 1 is 0.955 bits per heavy atom. The van der Waals surface area contributed by atoms with Gasteiger partial charge < -0.3 is 4.74 Å². The maximum absolute atomic E-state index is 12.5. The fraction of sp³-hybridized carbons (Fsp3) is 0.235. The van der Waals surface area contributed by atoms with Gasteiger partial charge in [0.05, 0.1) is 18.6 Å². The minimum atomic E-state index is -4.33. The van der Waals surface area contributed by atoms with Crippen molar-refractivity contribution in [3.05, 3.63) is 59.7 Å². The van der Waals surface area contributed by atoms with Crippen LogP contribution in [0, 0.1) is 0 Å². The number of carbonyl (C=O) groups is 1. The molecule has 0 atom stereocenters. The zero-order valence-electron chi connectivity index (χ0n) is 12.0. The lowest BCUT2D eigenvalue weighted by Crippen LogP contribution is -2.07. The summed E-state index contributed by atoms with van der Waals surface area (Å²) in [5, 5.41) is 0. The maximum atomic E-state index is 12.5. The van der Waals surface area contributed by atoms with E-state index in [2.05, 4.69) is 0 Å². The van der Waals surface area contributed by atoms with E-state index in [0.29, 0.717) is 12.2 Å². The van der Waals surface area contributed by atoms with Gasteiger partial charge in [-0.3, -0.25) is 4.79 Å². The molecule has 0 aliphatic rings. The van der Waals surface area contributed by atoms with Gasteiger partial charge in [0.25, 0.3) is 0 Å². The average molecular weight is 308 g/mol. The number of hydrogen-bond acceptors (Lipinski definition) is 2. The minimum Gasteiger partial charge on any atom is -0.466 e. The smallest absolute Gasteiger partial charge is 0.416 e.